The largest absolute Gasteiger partial charge is 0.476 e. The van der Waals surface area contributed by atoms with Crippen LogP contribution >= 0.6 is 23.3 Å². The quantitative estimate of drug-likeness (QED) is 0.882. The van der Waals surface area contributed by atoms with Gasteiger partial charge in [-0.1, -0.05) is 20.8 Å². The number of aromatic nitrogens is 3. The predicted octanol–water partition coefficient (Wildman–Crippen LogP) is 3.26. The van der Waals surface area contributed by atoms with E-state index in [0.29, 0.717) is 24.1 Å². The minimum absolute atomic E-state index is 0.433. The van der Waals surface area contributed by atoms with Gasteiger partial charge in [-0.3, -0.25) is 0 Å². The zero-order valence-corrected chi connectivity index (χ0v) is 13.4. The number of nitrogen functional groups attached to an aromatic ring is 1. The van der Waals surface area contributed by atoms with Crippen molar-refractivity contribution in [3.05, 3.63) is 18.0 Å². The van der Waals surface area contributed by atoms with E-state index in [-0.39, 0.29) is 0 Å². The van der Waals surface area contributed by atoms with Crippen LogP contribution in [0.5, 0.6) is 5.88 Å². The molecule has 0 aliphatic carbocycles. The molecular weight excluding hydrogens is 292 g/mol. The second-order valence-electron chi connectivity index (χ2n) is 4.68. The van der Waals surface area contributed by atoms with E-state index in [0.717, 1.165) is 21.6 Å². The van der Waals surface area contributed by atoms with Gasteiger partial charge in [0.25, 0.3) is 0 Å². The number of nitrogens with zero attached hydrogens (tertiary/aromatic N) is 3. The van der Waals surface area contributed by atoms with Gasteiger partial charge in [-0.05, 0) is 41.3 Å². The normalized spacial score (nSPS) is 11.0. The summed E-state index contributed by atoms with van der Waals surface area (Å²) in [6, 6.07) is 3.68. The van der Waals surface area contributed by atoms with Crippen molar-refractivity contribution in [2.45, 2.75) is 36.6 Å². The van der Waals surface area contributed by atoms with E-state index in [4.69, 9.17) is 10.5 Å². The molecule has 0 atom stereocenters. The summed E-state index contributed by atoms with van der Waals surface area (Å²) in [6.45, 7) is 6.81. The van der Waals surface area contributed by atoms with Crippen LogP contribution in [0.15, 0.2) is 21.5 Å². The van der Waals surface area contributed by atoms with Gasteiger partial charge in [0.1, 0.15) is 10.9 Å². The molecule has 0 aliphatic heterocycles. The fourth-order valence-corrected chi connectivity index (χ4v) is 2.98. The zero-order valence-electron chi connectivity index (χ0n) is 11.8. The topological polar surface area (TPSA) is 73.9 Å². The summed E-state index contributed by atoms with van der Waals surface area (Å²) in [5.41, 5.74) is 6.43. The van der Waals surface area contributed by atoms with Gasteiger partial charge in [-0.25, -0.2) is 9.97 Å². The predicted molar refractivity (Wildman–Crippen MR) is 82.4 cm³/mol. The van der Waals surface area contributed by atoms with E-state index in [1.165, 1.54) is 23.3 Å². The highest BCUT2D eigenvalue weighted by atomic mass is 32.2. The van der Waals surface area contributed by atoms with Crippen molar-refractivity contribution in [2.24, 2.45) is 5.92 Å². The Morgan fingerprint density at radius 1 is 1.35 bits per heavy atom. The molecule has 0 spiro atoms. The molecule has 2 aromatic heterocycles. The summed E-state index contributed by atoms with van der Waals surface area (Å²) >= 11 is 2.87. The lowest BCUT2D eigenvalue weighted by Crippen LogP contribution is -2.07. The van der Waals surface area contributed by atoms with Crippen LogP contribution < -0.4 is 10.5 Å². The van der Waals surface area contributed by atoms with Crippen LogP contribution in [0, 0.1) is 5.92 Å². The van der Waals surface area contributed by atoms with Crippen LogP contribution in [-0.2, 0) is 6.42 Å². The summed E-state index contributed by atoms with van der Waals surface area (Å²) in [5, 5.41) is 0.816. The van der Waals surface area contributed by atoms with Gasteiger partial charge < -0.3 is 10.5 Å². The second kappa shape index (κ2) is 6.90. The first-order valence-electron chi connectivity index (χ1n) is 6.48. The maximum atomic E-state index is 5.87. The highest BCUT2D eigenvalue weighted by Crippen LogP contribution is 2.31. The molecule has 0 saturated carbocycles. The van der Waals surface area contributed by atoms with Crippen molar-refractivity contribution in [2.75, 3.05) is 12.3 Å². The molecule has 108 valence electrons. The molecule has 2 rings (SSSR count). The molecule has 0 aromatic carbocycles. The molecule has 2 heterocycles. The van der Waals surface area contributed by atoms with Gasteiger partial charge in [0, 0.05) is 6.42 Å². The summed E-state index contributed by atoms with van der Waals surface area (Å²) in [6.07, 6.45) is 0.842. The molecule has 7 heteroatoms. The van der Waals surface area contributed by atoms with Crippen molar-refractivity contribution in [3.63, 3.8) is 0 Å². The Balaban J connectivity index is 2.10. The Bertz CT molecular complexity index is 571. The summed E-state index contributed by atoms with van der Waals surface area (Å²) in [7, 11) is 0. The molecule has 0 aliphatic rings. The summed E-state index contributed by atoms with van der Waals surface area (Å²) in [4.78, 5) is 8.84. The standard InChI is InChI=1S/C13H18N4OS2/c1-4-10-15-13(20-17-10)19-11-6-5-9(14)12(16-11)18-7-8(2)3/h5-6,8H,4,7,14H2,1-3H3. The van der Waals surface area contributed by atoms with Crippen molar-refractivity contribution >= 4 is 29.0 Å². The fourth-order valence-electron chi connectivity index (χ4n) is 1.36. The molecular formula is C13H18N4OS2. The highest BCUT2D eigenvalue weighted by Gasteiger charge is 2.09. The minimum Gasteiger partial charge on any atom is -0.476 e. The zero-order chi connectivity index (χ0) is 14.5. The number of ether oxygens (including phenoxy) is 1. The lowest BCUT2D eigenvalue weighted by Gasteiger charge is -2.10. The number of anilines is 1. The first kappa shape index (κ1) is 15.1. The fraction of sp³-hybridized carbons (Fsp3) is 0.462. The number of nitrogens with two attached hydrogens (primary N) is 1. The molecule has 2 aromatic rings. The maximum absolute atomic E-state index is 5.87. The first-order valence-corrected chi connectivity index (χ1v) is 8.07. The Labute approximate surface area is 127 Å². The van der Waals surface area contributed by atoms with Crippen molar-refractivity contribution in [1.29, 1.82) is 0 Å². The molecule has 20 heavy (non-hydrogen) atoms. The minimum atomic E-state index is 0.433. The highest BCUT2D eigenvalue weighted by molar-refractivity contribution is 8.00. The van der Waals surface area contributed by atoms with Crippen LogP contribution in [0.4, 0.5) is 5.69 Å². The average Bonchev–Trinajstić information content (AvgIpc) is 2.87. The van der Waals surface area contributed by atoms with Crippen LogP contribution in [0.25, 0.3) is 0 Å². The van der Waals surface area contributed by atoms with E-state index in [1.54, 1.807) is 0 Å². The molecule has 0 bridgehead atoms. The summed E-state index contributed by atoms with van der Waals surface area (Å²) < 4.78 is 10.8. The molecule has 2 N–H and O–H groups in total. The van der Waals surface area contributed by atoms with Crippen LogP contribution in [0.1, 0.15) is 26.6 Å². The van der Waals surface area contributed by atoms with Crippen molar-refractivity contribution in [1.82, 2.24) is 14.3 Å². The van der Waals surface area contributed by atoms with E-state index in [1.807, 2.05) is 19.1 Å². The Morgan fingerprint density at radius 3 is 2.80 bits per heavy atom. The number of hydrogen-bond acceptors (Lipinski definition) is 7. The molecule has 0 radical (unpaired) electrons. The van der Waals surface area contributed by atoms with Gasteiger partial charge >= 0.3 is 0 Å². The first-order chi connectivity index (χ1) is 9.58. The van der Waals surface area contributed by atoms with Crippen LogP contribution in [-0.4, -0.2) is 20.9 Å². The van der Waals surface area contributed by atoms with Gasteiger partial charge in [0.2, 0.25) is 5.88 Å². The number of pyridine rings is 1. The smallest absolute Gasteiger partial charge is 0.238 e. The Morgan fingerprint density at radius 2 is 2.15 bits per heavy atom. The van der Waals surface area contributed by atoms with Gasteiger partial charge in [-0.15, -0.1) is 0 Å². The lowest BCUT2D eigenvalue weighted by molar-refractivity contribution is 0.261. The molecule has 0 fully saturated rings. The third kappa shape index (κ3) is 4.08. The SMILES string of the molecule is CCc1nsc(Sc2ccc(N)c(OCC(C)C)n2)n1. The Hall–Kier alpha value is -1.34. The van der Waals surface area contributed by atoms with Gasteiger partial charge in [0.15, 0.2) is 4.34 Å². The van der Waals surface area contributed by atoms with E-state index in [9.17, 15) is 0 Å². The van der Waals surface area contributed by atoms with Gasteiger partial charge in [0.05, 0.1) is 12.3 Å². The average molecular weight is 310 g/mol. The third-order valence-corrected chi connectivity index (χ3v) is 4.10. The van der Waals surface area contributed by atoms with Crippen LogP contribution in [0.2, 0.25) is 0 Å². The van der Waals surface area contributed by atoms with Crippen LogP contribution in [0.3, 0.4) is 0 Å². The van der Waals surface area contributed by atoms with E-state index < -0.39 is 0 Å². The lowest BCUT2D eigenvalue weighted by atomic mass is 10.2. The summed E-state index contributed by atoms with van der Waals surface area (Å²) in [5.74, 6) is 1.79. The van der Waals surface area contributed by atoms with Crippen molar-refractivity contribution in [3.8, 4) is 5.88 Å². The molecule has 0 amide bonds. The second-order valence-corrected chi connectivity index (χ2v) is 6.70. The monoisotopic (exact) mass is 310 g/mol. The number of rotatable bonds is 6. The number of aryl methyl sites for hydroxylation is 1. The van der Waals surface area contributed by atoms with E-state index in [2.05, 4.69) is 28.2 Å². The van der Waals surface area contributed by atoms with E-state index >= 15 is 0 Å². The molecule has 0 unspecified atom stereocenters. The molecule has 0 saturated heterocycles. The van der Waals surface area contributed by atoms with Gasteiger partial charge in [-0.2, -0.15) is 4.37 Å². The third-order valence-electron chi connectivity index (χ3n) is 2.38. The Kier molecular flexibility index (Phi) is 5.19. The maximum Gasteiger partial charge on any atom is 0.238 e. The number of hydrogen-bond donors (Lipinski definition) is 1. The van der Waals surface area contributed by atoms with Crippen molar-refractivity contribution < 1.29 is 4.74 Å². The molecule has 5 nitrogen and oxygen atoms in total.